The number of rotatable bonds is 52. The van der Waals surface area contributed by atoms with Gasteiger partial charge in [0.2, 0.25) is 0 Å². The topological polar surface area (TPSA) is 72.8 Å². The number of aliphatic hydroxyl groups excluding tert-OH is 1. The van der Waals surface area contributed by atoms with Gasteiger partial charge in [-0.25, -0.2) is 0 Å². The average Bonchev–Trinajstić information content (AvgIpc) is 3.31. The smallest absolute Gasteiger partial charge is 0.306 e. The highest BCUT2D eigenvalue weighted by molar-refractivity contribution is 5.70. The molecular weight excluding hydrogens is 801 g/mol. The first kappa shape index (κ1) is 62.6. The van der Waals surface area contributed by atoms with E-state index in [4.69, 9.17) is 9.47 Å². The maximum Gasteiger partial charge on any atom is 0.306 e. The highest BCUT2D eigenvalue weighted by atomic mass is 16.6. The Morgan fingerprint density at radius 1 is 0.369 bits per heavy atom. The fourth-order valence-corrected chi connectivity index (χ4v) is 8.35. The van der Waals surface area contributed by atoms with Crippen LogP contribution in [0.3, 0.4) is 0 Å². The maximum atomic E-state index is 12.3. The van der Waals surface area contributed by atoms with Crippen LogP contribution >= 0.6 is 0 Å². The van der Waals surface area contributed by atoms with Crippen molar-refractivity contribution in [1.82, 2.24) is 0 Å². The van der Waals surface area contributed by atoms with Gasteiger partial charge >= 0.3 is 11.9 Å². The molecule has 0 aliphatic carbocycles. The van der Waals surface area contributed by atoms with Gasteiger partial charge < -0.3 is 14.6 Å². The Labute approximate surface area is 404 Å². The maximum absolute atomic E-state index is 12.3. The number of esters is 2. The van der Waals surface area contributed by atoms with Crippen LogP contribution in [0.4, 0.5) is 0 Å². The van der Waals surface area contributed by atoms with Gasteiger partial charge in [-0.15, -0.1) is 0 Å². The second kappa shape index (κ2) is 55.9. The third-order valence-corrected chi connectivity index (χ3v) is 12.6. The molecule has 378 valence electrons. The van der Waals surface area contributed by atoms with E-state index in [1.54, 1.807) is 0 Å². The number of carbonyl (C=O) groups excluding carboxylic acids is 2. The van der Waals surface area contributed by atoms with Crippen LogP contribution in [-0.4, -0.2) is 36.4 Å². The van der Waals surface area contributed by atoms with Gasteiger partial charge in [-0.05, 0) is 57.8 Å². The van der Waals surface area contributed by atoms with Gasteiger partial charge in [0.05, 0.1) is 6.61 Å². The lowest BCUT2D eigenvalue weighted by Gasteiger charge is -2.15. The molecule has 65 heavy (non-hydrogen) atoms. The van der Waals surface area contributed by atoms with E-state index in [-0.39, 0.29) is 25.2 Å². The molecule has 5 nitrogen and oxygen atoms in total. The van der Waals surface area contributed by atoms with Gasteiger partial charge in [-0.2, -0.15) is 0 Å². The summed E-state index contributed by atoms with van der Waals surface area (Å²) in [7, 11) is 0. The SMILES string of the molecule is CC/C=C\C/C=C\C/C=C\C/C=C\C/C=C\CCCCCCCCCCCCCC(=O)OC(CO)COC(=O)CCCCCCCCCCCCCCCCCCCCCCCCCC. The molecule has 0 aliphatic rings. The molecule has 5 heteroatoms. The molecule has 1 N–H and O–H groups in total. The summed E-state index contributed by atoms with van der Waals surface area (Å²) in [5.74, 6) is -0.581. The number of hydrogen-bond acceptors (Lipinski definition) is 5. The number of ether oxygens (including phenoxy) is 2. The fraction of sp³-hybridized carbons (Fsp3) is 0.800. The first-order chi connectivity index (χ1) is 32.1. The molecule has 0 spiro atoms. The lowest BCUT2D eigenvalue weighted by molar-refractivity contribution is -0.161. The second-order valence-corrected chi connectivity index (χ2v) is 19.0. The Morgan fingerprint density at radius 3 is 1.00 bits per heavy atom. The van der Waals surface area contributed by atoms with Crippen molar-refractivity contribution in [2.24, 2.45) is 0 Å². The number of carbonyl (C=O) groups is 2. The van der Waals surface area contributed by atoms with Gasteiger partial charge in [0.15, 0.2) is 6.10 Å². The van der Waals surface area contributed by atoms with Crippen molar-refractivity contribution in [1.29, 1.82) is 0 Å². The van der Waals surface area contributed by atoms with Crippen LogP contribution in [0.2, 0.25) is 0 Å². The van der Waals surface area contributed by atoms with E-state index in [0.29, 0.717) is 12.8 Å². The molecule has 0 aliphatic heterocycles. The predicted octanol–water partition coefficient (Wildman–Crippen LogP) is 19.0. The summed E-state index contributed by atoms with van der Waals surface area (Å²) in [4.78, 5) is 24.5. The molecule has 0 bridgehead atoms. The van der Waals surface area contributed by atoms with Crippen LogP contribution in [0, 0.1) is 0 Å². The van der Waals surface area contributed by atoms with Gasteiger partial charge in [0.25, 0.3) is 0 Å². The highest BCUT2D eigenvalue weighted by Gasteiger charge is 2.16. The molecule has 0 saturated carbocycles. The van der Waals surface area contributed by atoms with Crippen LogP contribution in [0.1, 0.15) is 290 Å². The minimum Gasteiger partial charge on any atom is -0.462 e. The minimum atomic E-state index is -0.774. The Balaban J connectivity index is 3.47. The first-order valence-corrected chi connectivity index (χ1v) is 28.3. The Bertz CT molecular complexity index is 1120. The summed E-state index contributed by atoms with van der Waals surface area (Å²) in [6.07, 6.45) is 74.8. The van der Waals surface area contributed by atoms with Crippen LogP contribution in [0.25, 0.3) is 0 Å². The van der Waals surface area contributed by atoms with Crippen LogP contribution in [0.15, 0.2) is 60.8 Å². The molecule has 0 heterocycles. The molecule has 0 rings (SSSR count). The van der Waals surface area contributed by atoms with Crippen LogP contribution in [0.5, 0.6) is 0 Å². The summed E-state index contributed by atoms with van der Waals surface area (Å²) < 4.78 is 10.7. The Hall–Kier alpha value is -2.40. The monoisotopic (exact) mass is 909 g/mol. The van der Waals surface area contributed by atoms with Gasteiger partial charge in [-0.3, -0.25) is 9.59 Å². The lowest BCUT2D eigenvalue weighted by Crippen LogP contribution is -2.28. The van der Waals surface area contributed by atoms with Gasteiger partial charge in [-0.1, -0.05) is 280 Å². The first-order valence-electron chi connectivity index (χ1n) is 28.3. The summed E-state index contributed by atoms with van der Waals surface area (Å²) in [5, 5.41) is 9.66. The summed E-state index contributed by atoms with van der Waals surface area (Å²) >= 11 is 0. The van der Waals surface area contributed by atoms with Crippen molar-refractivity contribution in [3.05, 3.63) is 60.8 Å². The normalized spacial score (nSPS) is 12.6. The molecule has 1 unspecified atom stereocenters. The van der Waals surface area contributed by atoms with E-state index in [0.717, 1.165) is 70.6 Å². The molecule has 1 atom stereocenters. The summed E-state index contributed by atoms with van der Waals surface area (Å²) in [6.45, 7) is 4.06. The van der Waals surface area contributed by atoms with E-state index < -0.39 is 6.10 Å². The van der Waals surface area contributed by atoms with E-state index >= 15 is 0 Å². The molecule has 0 fully saturated rings. The van der Waals surface area contributed by atoms with Crippen molar-refractivity contribution in [3.63, 3.8) is 0 Å². The van der Waals surface area contributed by atoms with E-state index in [1.807, 2.05) is 0 Å². The number of unbranched alkanes of at least 4 members (excludes halogenated alkanes) is 34. The van der Waals surface area contributed by atoms with Crippen molar-refractivity contribution in [2.45, 2.75) is 296 Å². The highest BCUT2D eigenvalue weighted by Crippen LogP contribution is 2.17. The van der Waals surface area contributed by atoms with E-state index in [1.165, 1.54) is 193 Å². The minimum absolute atomic E-state index is 0.0647. The average molecular weight is 910 g/mol. The molecule has 0 aromatic carbocycles. The lowest BCUT2D eigenvalue weighted by atomic mass is 10.0. The zero-order chi connectivity index (χ0) is 47.0. The Kier molecular flexibility index (Phi) is 53.9. The van der Waals surface area contributed by atoms with Gasteiger partial charge in [0.1, 0.15) is 6.61 Å². The van der Waals surface area contributed by atoms with Crippen LogP contribution < -0.4 is 0 Å². The largest absolute Gasteiger partial charge is 0.462 e. The molecule has 0 amide bonds. The molecule has 0 saturated heterocycles. The quantitative estimate of drug-likeness (QED) is 0.0374. The van der Waals surface area contributed by atoms with Crippen molar-refractivity contribution in [2.75, 3.05) is 13.2 Å². The fourth-order valence-electron chi connectivity index (χ4n) is 8.35. The zero-order valence-corrected chi connectivity index (χ0v) is 43.3. The van der Waals surface area contributed by atoms with Crippen LogP contribution in [-0.2, 0) is 19.1 Å². The predicted molar refractivity (Wildman–Crippen MR) is 284 cm³/mol. The molecular formula is C60H108O5. The van der Waals surface area contributed by atoms with E-state index in [9.17, 15) is 14.7 Å². The standard InChI is InChI=1S/C60H108O5/c1-3-5-7-9-11-13-15-17-19-21-23-25-27-29-30-31-33-35-37-39-41-43-45-47-49-51-53-55-60(63)65-58(56-61)57-64-59(62)54-52-50-48-46-44-42-40-38-36-34-32-28-26-24-22-20-18-16-14-12-10-8-6-4-2/h5,7,11,13,17,19,23,25,29-30,58,61H,3-4,6,8-10,12,14-16,18,20-22,24,26-28,31-57H2,1-2H3/b7-5-,13-11-,19-17-,25-23-,30-29-. The third-order valence-electron chi connectivity index (χ3n) is 12.6. The van der Waals surface area contributed by atoms with Crippen molar-refractivity contribution in [3.8, 4) is 0 Å². The number of hydrogen-bond donors (Lipinski definition) is 1. The molecule has 0 aromatic heterocycles. The zero-order valence-electron chi connectivity index (χ0n) is 43.3. The molecule has 0 radical (unpaired) electrons. The number of allylic oxidation sites excluding steroid dienone is 10. The van der Waals surface area contributed by atoms with Gasteiger partial charge in [0, 0.05) is 12.8 Å². The van der Waals surface area contributed by atoms with E-state index in [2.05, 4.69) is 74.6 Å². The Morgan fingerprint density at radius 2 is 0.662 bits per heavy atom. The number of aliphatic hydroxyl groups is 1. The summed E-state index contributed by atoms with van der Waals surface area (Å²) in [5.41, 5.74) is 0. The molecule has 0 aromatic rings. The van der Waals surface area contributed by atoms with Crippen molar-refractivity contribution < 1.29 is 24.2 Å². The summed E-state index contributed by atoms with van der Waals surface area (Å²) in [6, 6.07) is 0. The third kappa shape index (κ3) is 54.1. The second-order valence-electron chi connectivity index (χ2n) is 19.0. The van der Waals surface area contributed by atoms with Crippen molar-refractivity contribution >= 4 is 11.9 Å².